The van der Waals surface area contributed by atoms with Crippen molar-refractivity contribution in [1.82, 2.24) is 20.1 Å². The predicted octanol–water partition coefficient (Wildman–Crippen LogP) is 2.52. The molecule has 2 heterocycles. The fourth-order valence-corrected chi connectivity index (χ4v) is 2.01. The number of nitrogens with zero attached hydrogens (tertiary/aromatic N) is 3. The van der Waals surface area contributed by atoms with Crippen molar-refractivity contribution in [2.75, 3.05) is 0 Å². The fourth-order valence-electron chi connectivity index (χ4n) is 1.79. The zero-order chi connectivity index (χ0) is 14.7. The lowest BCUT2D eigenvalue weighted by molar-refractivity contribution is 0.0950. The van der Waals surface area contributed by atoms with Crippen LogP contribution in [0.25, 0.3) is 0 Å². The summed E-state index contributed by atoms with van der Waals surface area (Å²) < 4.78 is 1.72. The molecule has 2 rings (SSSR count). The van der Waals surface area contributed by atoms with Crippen LogP contribution >= 0.6 is 11.6 Å². The topological polar surface area (TPSA) is 59.8 Å². The Labute approximate surface area is 123 Å². The van der Waals surface area contributed by atoms with E-state index in [4.69, 9.17) is 11.6 Å². The number of carbonyl (C=O) groups excluding carboxylic acids is 1. The number of hydrogen-bond acceptors (Lipinski definition) is 3. The normalized spacial score (nSPS) is 10.8. The number of hydrogen-bond donors (Lipinski definition) is 1. The van der Waals surface area contributed by atoms with E-state index in [9.17, 15) is 4.79 Å². The molecule has 0 aliphatic heterocycles. The van der Waals surface area contributed by atoms with Gasteiger partial charge in [-0.25, -0.2) is 4.98 Å². The number of carbonyl (C=O) groups is 1. The molecule has 0 bridgehead atoms. The summed E-state index contributed by atoms with van der Waals surface area (Å²) in [7, 11) is 1.83. The van der Waals surface area contributed by atoms with Crippen molar-refractivity contribution in [3.8, 4) is 0 Å². The third-order valence-electron chi connectivity index (χ3n) is 3.02. The van der Waals surface area contributed by atoms with Gasteiger partial charge < -0.3 is 5.32 Å². The molecule has 0 saturated carbocycles. The molecule has 0 aromatic carbocycles. The quantitative estimate of drug-likeness (QED) is 0.881. The summed E-state index contributed by atoms with van der Waals surface area (Å²) in [6.45, 7) is 4.44. The molecule has 106 valence electrons. The standard InChI is InChI=1S/C14H17ClN4O/c1-9(2)12-6-10(7-13(15)18-12)14(20)16-8-11-4-5-17-19(11)3/h4-7,9H,8H2,1-3H3,(H,16,20). The van der Waals surface area contributed by atoms with Gasteiger partial charge in [0.25, 0.3) is 5.91 Å². The van der Waals surface area contributed by atoms with Crippen LogP contribution in [0, 0.1) is 0 Å². The van der Waals surface area contributed by atoms with Crippen LogP contribution in [-0.4, -0.2) is 20.7 Å². The first kappa shape index (κ1) is 14.5. The van der Waals surface area contributed by atoms with E-state index in [1.54, 1.807) is 23.0 Å². The molecule has 20 heavy (non-hydrogen) atoms. The van der Waals surface area contributed by atoms with Gasteiger partial charge in [0.05, 0.1) is 12.2 Å². The molecule has 0 spiro atoms. The third-order valence-corrected chi connectivity index (χ3v) is 3.21. The van der Waals surface area contributed by atoms with Crippen LogP contribution in [0.15, 0.2) is 24.4 Å². The second-order valence-electron chi connectivity index (χ2n) is 4.89. The van der Waals surface area contributed by atoms with Crippen LogP contribution in [-0.2, 0) is 13.6 Å². The molecule has 0 saturated heterocycles. The average molecular weight is 293 g/mol. The van der Waals surface area contributed by atoms with Crippen LogP contribution in [0.3, 0.4) is 0 Å². The van der Waals surface area contributed by atoms with Gasteiger partial charge in [-0.05, 0) is 24.1 Å². The van der Waals surface area contributed by atoms with E-state index >= 15 is 0 Å². The van der Waals surface area contributed by atoms with E-state index in [2.05, 4.69) is 15.4 Å². The number of halogens is 1. The first-order valence-electron chi connectivity index (χ1n) is 6.40. The molecule has 0 unspecified atom stereocenters. The van der Waals surface area contributed by atoms with Gasteiger partial charge in [0, 0.05) is 24.5 Å². The lowest BCUT2D eigenvalue weighted by Gasteiger charge is -2.09. The number of amides is 1. The van der Waals surface area contributed by atoms with E-state index in [-0.39, 0.29) is 11.8 Å². The van der Waals surface area contributed by atoms with Crippen LogP contribution in [0.1, 0.15) is 41.5 Å². The van der Waals surface area contributed by atoms with Crippen LogP contribution < -0.4 is 5.32 Å². The largest absolute Gasteiger partial charge is 0.346 e. The predicted molar refractivity (Wildman–Crippen MR) is 77.7 cm³/mol. The smallest absolute Gasteiger partial charge is 0.251 e. The van der Waals surface area contributed by atoms with Crippen molar-refractivity contribution in [2.24, 2.45) is 7.05 Å². The van der Waals surface area contributed by atoms with Crippen molar-refractivity contribution in [3.63, 3.8) is 0 Å². The minimum Gasteiger partial charge on any atom is -0.346 e. The summed E-state index contributed by atoms with van der Waals surface area (Å²) in [4.78, 5) is 16.4. The molecule has 0 aliphatic rings. The molecule has 6 heteroatoms. The van der Waals surface area contributed by atoms with Gasteiger partial charge in [0.15, 0.2) is 0 Å². The molecule has 0 aliphatic carbocycles. The van der Waals surface area contributed by atoms with Gasteiger partial charge in [0.2, 0.25) is 0 Å². The van der Waals surface area contributed by atoms with Gasteiger partial charge in [0.1, 0.15) is 5.15 Å². The first-order chi connectivity index (χ1) is 9.47. The van der Waals surface area contributed by atoms with E-state index in [1.165, 1.54) is 0 Å². The van der Waals surface area contributed by atoms with Gasteiger partial charge in [-0.1, -0.05) is 25.4 Å². The van der Waals surface area contributed by atoms with E-state index in [1.807, 2.05) is 27.0 Å². The molecule has 0 radical (unpaired) electrons. The Morgan fingerprint density at radius 3 is 2.80 bits per heavy atom. The van der Waals surface area contributed by atoms with Crippen LogP contribution in [0.2, 0.25) is 5.15 Å². The van der Waals surface area contributed by atoms with E-state index in [0.717, 1.165) is 11.4 Å². The van der Waals surface area contributed by atoms with Gasteiger partial charge in [-0.15, -0.1) is 0 Å². The Balaban J connectivity index is 2.11. The molecule has 1 amide bonds. The lowest BCUT2D eigenvalue weighted by atomic mass is 10.1. The number of aromatic nitrogens is 3. The van der Waals surface area contributed by atoms with E-state index < -0.39 is 0 Å². The van der Waals surface area contributed by atoms with Gasteiger partial charge in [-0.2, -0.15) is 5.10 Å². The molecular weight excluding hydrogens is 276 g/mol. The Kier molecular flexibility index (Phi) is 4.39. The van der Waals surface area contributed by atoms with Crippen molar-refractivity contribution in [1.29, 1.82) is 0 Å². The lowest BCUT2D eigenvalue weighted by Crippen LogP contribution is -2.24. The Hall–Kier alpha value is -1.88. The maximum Gasteiger partial charge on any atom is 0.251 e. The average Bonchev–Trinajstić information content (AvgIpc) is 2.80. The minimum atomic E-state index is -0.169. The van der Waals surface area contributed by atoms with Gasteiger partial charge >= 0.3 is 0 Å². The van der Waals surface area contributed by atoms with Crippen molar-refractivity contribution in [3.05, 3.63) is 46.5 Å². The summed E-state index contributed by atoms with van der Waals surface area (Å²) in [6.07, 6.45) is 1.70. The molecule has 5 nitrogen and oxygen atoms in total. The summed E-state index contributed by atoms with van der Waals surface area (Å²) in [5.74, 6) is 0.0507. The van der Waals surface area contributed by atoms with Crippen molar-refractivity contribution < 1.29 is 4.79 Å². The summed E-state index contributed by atoms with van der Waals surface area (Å²) in [5, 5.41) is 7.24. The zero-order valence-electron chi connectivity index (χ0n) is 11.7. The molecule has 0 atom stereocenters. The Morgan fingerprint density at radius 1 is 1.45 bits per heavy atom. The van der Waals surface area contributed by atoms with E-state index in [0.29, 0.717) is 17.3 Å². The minimum absolute atomic E-state index is 0.169. The highest BCUT2D eigenvalue weighted by atomic mass is 35.5. The number of aryl methyl sites for hydroxylation is 1. The summed E-state index contributed by atoms with van der Waals surface area (Å²) >= 11 is 5.96. The Bertz CT molecular complexity index is 621. The number of pyridine rings is 1. The van der Waals surface area contributed by atoms with Crippen LogP contribution in [0.4, 0.5) is 0 Å². The second kappa shape index (κ2) is 6.05. The first-order valence-corrected chi connectivity index (χ1v) is 6.77. The maximum atomic E-state index is 12.2. The second-order valence-corrected chi connectivity index (χ2v) is 5.27. The highest BCUT2D eigenvalue weighted by molar-refractivity contribution is 6.29. The van der Waals surface area contributed by atoms with Gasteiger partial charge in [-0.3, -0.25) is 9.48 Å². The third kappa shape index (κ3) is 3.36. The molecule has 2 aromatic heterocycles. The van der Waals surface area contributed by atoms with Crippen molar-refractivity contribution >= 4 is 17.5 Å². The van der Waals surface area contributed by atoms with Crippen LogP contribution in [0.5, 0.6) is 0 Å². The molecule has 1 N–H and O–H groups in total. The summed E-state index contributed by atoms with van der Waals surface area (Å²) in [6, 6.07) is 5.21. The molecular formula is C14H17ClN4O. The number of rotatable bonds is 4. The van der Waals surface area contributed by atoms with Crippen molar-refractivity contribution in [2.45, 2.75) is 26.3 Å². The highest BCUT2D eigenvalue weighted by Crippen LogP contribution is 2.17. The Morgan fingerprint density at radius 2 is 2.20 bits per heavy atom. The summed E-state index contributed by atoms with van der Waals surface area (Å²) in [5.41, 5.74) is 2.27. The highest BCUT2D eigenvalue weighted by Gasteiger charge is 2.11. The fraction of sp³-hybridized carbons (Fsp3) is 0.357. The zero-order valence-corrected chi connectivity index (χ0v) is 12.5. The maximum absolute atomic E-state index is 12.2. The number of nitrogens with one attached hydrogen (secondary N) is 1. The SMILES string of the molecule is CC(C)c1cc(C(=O)NCc2ccnn2C)cc(Cl)n1. The molecule has 2 aromatic rings. The monoisotopic (exact) mass is 292 g/mol. The molecule has 0 fully saturated rings.